The van der Waals surface area contributed by atoms with Gasteiger partial charge in [0.15, 0.2) is 0 Å². The molecule has 1 saturated carbocycles. The van der Waals surface area contributed by atoms with Crippen LogP contribution in [0, 0.1) is 0 Å². The van der Waals surface area contributed by atoms with Crippen molar-refractivity contribution in [2.24, 2.45) is 5.10 Å². The summed E-state index contributed by atoms with van der Waals surface area (Å²) in [5, 5.41) is 12.7. The number of carbonyl (C=O) groups excluding carboxylic acids is 4. The number of hydrazone groups is 1. The fourth-order valence-corrected chi connectivity index (χ4v) is 4.95. The average Bonchev–Trinajstić information content (AvgIpc) is 2.97. The van der Waals surface area contributed by atoms with Crippen molar-refractivity contribution >= 4 is 29.9 Å². The zero-order valence-corrected chi connectivity index (χ0v) is 22.3. The molecule has 1 aliphatic heterocycles. The number of hydrogen-bond acceptors (Lipinski definition) is 7. The Labute approximate surface area is 233 Å². The molecule has 10 heteroatoms. The summed E-state index contributed by atoms with van der Waals surface area (Å²) in [5.74, 6) is -1.27. The van der Waals surface area contributed by atoms with E-state index in [0.29, 0.717) is 37.8 Å². The Bertz CT molecular complexity index is 1260. The Morgan fingerprint density at radius 3 is 2.27 bits per heavy atom. The quantitative estimate of drug-likeness (QED) is 0.165. The van der Waals surface area contributed by atoms with E-state index in [1.165, 1.54) is 36.0 Å². The number of benzene rings is 2. The lowest BCUT2D eigenvalue weighted by Crippen LogP contribution is -2.49. The van der Waals surface area contributed by atoms with Crippen molar-refractivity contribution < 1.29 is 29.1 Å². The summed E-state index contributed by atoms with van der Waals surface area (Å²) in [6.45, 7) is 0.416. The molecular weight excluding hydrogens is 512 g/mol. The van der Waals surface area contributed by atoms with Crippen LogP contribution in [0.1, 0.15) is 83.2 Å². The number of allylic oxidation sites excluding steroid dienone is 2. The number of nitrogens with one attached hydrogen (secondary N) is 2. The van der Waals surface area contributed by atoms with Gasteiger partial charge in [0, 0.05) is 30.5 Å². The van der Waals surface area contributed by atoms with Crippen LogP contribution in [0.2, 0.25) is 0 Å². The van der Waals surface area contributed by atoms with E-state index in [4.69, 9.17) is 9.94 Å². The first-order valence-electron chi connectivity index (χ1n) is 13.6. The van der Waals surface area contributed by atoms with E-state index in [0.717, 1.165) is 36.8 Å². The molecule has 0 radical (unpaired) electrons. The van der Waals surface area contributed by atoms with Gasteiger partial charge < -0.3 is 9.64 Å². The molecule has 4 rings (SSSR count). The van der Waals surface area contributed by atoms with Crippen LogP contribution in [0.4, 0.5) is 0 Å². The van der Waals surface area contributed by atoms with Crippen molar-refractivity contribution in [3.8, 4) is 0 Å². The highest BCUT2D eigenvalue weighted by Gasteiger charge is 2.35. The van der Waals surface area contributed by atoms with Crippen molar-refractivity contribution in [2.75, 3.05) is 0 Å². The summed E-state index contributed by atoms with van der Waals surface area (Å²) in [6, 6.07) is 13.2. The molecule has 3 N–H and O–H groups in total. The maximum atomic E-state index is 13.3. The minimum Gasteiger partial charge on any atom is -0.460 e. The third-order valence-electron chi connectivity index (χ3n) is 7.10. The van der Waals surface area contributed by atoms with Crippen molar-refractivity contribution in [3.05, 3.63) is 82.9 Å². The molecule has 2 aliphatic rings. The fraction of sp³-hybridized carbons (Fsp3) is 0.367. The zero-order valence-electron chi connectivity index (χ0n) is 22.3. The van der Waals surface area contributed by atoms with Crippen LogP contribution >= 0.6 is 0 Å². The van der Waals surface area contributed by atoms with E-state index in [9.17, 15) is 19.2 Å². The minimum atomic E-state index is -0.667. The lowest BCUT2D eigenvalue weighted by molar-refractivity contribution is -0.159. The van der Waals surface area contributed by atoms with Crippen molar-refractivity contribution in [1.82, 2.24) is 15.8 Å². The standard InChI is InChI=1S/C30H34N4O6/c35-27-9-3-1-2-4-10-28(36)40-26-8-6-5-7-25(26)34(27)20-22-13-11-21(12-14-22)19-31-32-29(37)23-15-17-24(18-16-23)30(38)33-39/h1-2,11-19,25-26,39H,3-10,20H2,(H,32,37)(H,33,38)/b2-1+,31-19+/t25-,26-/m1/s1. The van der Waals surface area contributed by atoms with Gasteiger partial charge in [-0.3, -0.25) is 24.4 Å². The number of nitrogens with zero attached hydrogens (tertiary/aromatic N) is 2. The van der Waals surface area contributed by atoms with Gasteiger partial charge in [-0.25, -0.2) is 10.9 Å². The SMILES string of the molecule is O=C1CC/C=C/CCC(=O)N(Cc2ccc(/C=N/NC(=O)c3ccc(C(=O)NO)cc3)cc2)[C@@H]2CCCC[C@H]2O1. The minimum absolute atomic E-state index is 0.0524. The summed E-state index contributed by atoms with van der Waals surface area (Å²) in [4.78, 5) is 51.3. The van der Waals surface area contributed by atoms with Crippen LogP contribution in [0.25, 0.3) is 0 Å². The maximum absolute atomic E-state index is 13.3. The molecular formula is C30H34N4O6. The first-order chi connectivity index (χ1) is 19.4. The molecule has 2 aromatic carbocycles. The smallest absolute Gasteiger partial charge is 0.306 e. The van der Waals surface area contributed by atoms with Crippen LogP contribution < -0.4 is 10.9 Å². The van der Waals surface area contributed by atoms with Gasteiger partial charge in [0.2, 0.25) is 5.91 Å². The predicted molar refractivity (Wildman–Crippen MR) is 147 cm³/mol. The average molecular weight is 547 g/mol. The molecule has 0 aromatic heterocycles. The maximum Gasteiger partial charge on any atom is 0.306 e. The van der Waals surface area contributed by atoms with Gasteiger partial charge in [0.1, 0.15) is 6.10 Å². The third kappa shape index (κ3) is 7.86. The molecule has 210 valence electrons. The number of esters is 1. The summed E-state index contributed by atoms with van der Waals surface area (Å²) in [5.41, 5.74) is 6.21. The number of fused-ring (bicyclic) bond motifs is 1. The molecule has 0 saturated heterocycles. The fourth-order valence-electron chi connectivity index (χ4n) is 4.95. The Balaban J connectivity index is 1.39. The van der Waals surface area contributed by atoms with E-state index in [1.54, 1.807) is 0 Å². The topological polar surface area (TPSA) is 137 Å². The normalized spacial score (nSPS) is 21.0. The Morgan fingerprint density at radius 2 is 1.57 bits per heavy atom. The van der Waals surface area contributed by atoms with Crippen molar-refractivity contribution in [3.63, 3.8) is 0 Å². The van der Waals surface area contributed by atoms with Gasteiger partial charge in [-0.05, 0) is 67.5 Å². The third-order valence-corrected chi connectivity index (χ3v) is 7.10. The number of ether oxygens (including phenoxy) is 1. The second-order valence-corrected chi connectivity index (χ2v) is 9.91. The number of rotatable bonds is 6. The number of hydrogen-bond donors (Lipinski definition) is 3. The summed E-state index contributed by atoms with van der Waals surface area (Å²) in [7, 11) is 0. The lowest BCUT2D eigenvalue weighted by Gasteiger charge is -2.39. The Kier molecular flexibility index (Phi) is 10.2. The van der Waals surface area contributed by atoms with Gasteiger partial charge in [-0.1, -0.05) is 42.8 Å². The van der Waals surface area contributed by atoms with Gasteiger partial charge in [0.05, 0.1) is 12.3 Å². The second kappa shape index (κ2) is 14.2. The van der Waals surface area contributed by atoms with Crippen LogP contribution in [0.15, 0.2) is 65.8 Å². The summed E-state index contributed by atoms with van der Waals surface area (Å²) < 4.78 is 5.83. The van der Waals surface area contributed by atoms with Gasteiger partial charge >= 0.3 is 5.97 Å². The van der Waals surface area contributed by atoms with Gasteiger partial charge in [0.25, 0.3) is 11.8 Å². The molecule has 0 unspecified atom stereocenters. The summed E-state index contributed by atoms with van der Waals surface area (Å²) in [6.07, 6.45) is 10.7. The first kappa shape index (κ1) is 28.7. The van der Waals surface area contributed by atoms with E-state index in [-0.39, 0.29) is 29.6 Å². The monoisotopic (exact) mass is 546 g/mol. The largest absolute Gasteiger partial charge is 0.460 e. The van der Waals surface area contributed by atoms with Crippen LogP contribution in [0.3, 0.4) is 0 Å². The second-order valence-electron chi connectivity index (χ2n) is 9.91. The molecule has 2 atom stereocenters. The van der Waals surface area contributed by atoms with Crippen molar-refractivity contribution in [2.45, 2.75) is 70.1 Å². The predicted octanol–water partition coefficient (Wildman–Crippen LogP) is 3.88. The van der Waals surface area contributed by atoms with Gasteiger partial charge in [-0.15, -0.1) is 0 Å². The highest BCUT2D eigenvalue weighted by molar-refractivity contribution is 5.97. The summed E-state index contributed by atoms with van der Waals surface area (Å²) >= 11 is 0. The number of hydroxylamine groups is 1. The van der Waals surface area contributed by atoms with Crippen molar-refractivity contribution in [1.29, 1.82) is 0 Å². The lowest BCUT2D eigenvalue weighted by atomic mass is 9.90. The van der Waals surface area contributed by atoms with E-state index in [1.807, 2.05) is 41.3 Å². The Hall–Kier alpha value is -4.31. The van der Waals surface area contributed by atoms with Crippen LogP contribution in [-0.4, -0.2) is 52.2 Å². The zero-order chi connectivity index (χ0) is 28.3. The highest BCUT2D eigenvalue weighted by atomic mass is 16.5. The molecule has 1 fully saturated rings. The molecule has 1 heterocycles. The van der Waals surface area contributed by atoms with E-state index >= 15 is 0 Å². The molecule has 10 nitrogen and oxygen atoms in total. The van der Waals surface area contributed by atoms with Crippen LogP contribution in [0.5, 0.6) is 0 Å². The first-order valence-corrected chi connectivity index (χ1v) is 13.6. The number of amides is 3. The molecule has 1 aliphatic carbocycles. The van der Waals surface area contributed by atoms with E-state index in [2.05, 4.69) is 10.5 Å². The van der Waals surface area contributed by atoms with E-state index < -0.39 is 11.8 Å². The molecule has 0 bridgehead atoms. The van der Waals surface area contributed by atoms with Crippen LogP contribution in [-0.2, 0) is 20.9 Å². The molecule has 0 spiro atoms. The molecule has 40 heavy (non-hydrogen) atoms. The molecule has 2 aromatic rings. The van der Waals surface area contributed by atoms with Gasteiger partial charge in [-0.2, -0.15) is 5.10 Å². The Morgan fingerprint density at radius 1 is 0.925 bits per heavy atom. The highest BCUT2D eigenvalue weighted by Crippen LogP contribution is 2.28. The number of carbonyl (C=O) groups is 4. The molecule has 3 amide bonds.